The molecule has 0 aromatic heterocycles. The van der Waals surface area contributed by atoms with E-state index in [9.17, 15) is 9.59 Å². The molecule has 2 amide bonds. The highest BCUT2D eigenvalue weighted by molar-refractivity contribution is 6.08. The van der Waals surface area contributed by atoms with Gasteiger partial charge in [0.1, 0.15) is 17.6 Å². The van der Waals surface area contributed by atoms with Crippen LogP contribution in [0.25, 0.3) is 0 Å². The van der Waals surface area contributed by atoms with E-state index >= 15 is 0 Å². The van der Waals surface area contributed by atoms with Gasteiger partial charge in [0.25, 0.3) is 0 Å². The smallest absolute Gasteiger partial charge is 0.249 e. The minimum Gasteiger partial charge on any atom is -0.495 e. The zero-order valence-electron chi connectivity index (χ0n) is 14.6. The van der Waals surface area contributed by atoms with Gasteiger partial charge in [-0.15, -0.1) is 0 Å². The number of hydrogen-bond donors (Lipinski definition) is 3. The SMILES string of the molecule is COc1ccc(C)cc1NC(=O)[C@@H]1CC(=O)NC2=NC(=C(C)C)NN21. The number of nitrogens with one attached hydrogen (secondary N) is 3. The standard InChI is InChI=1S/C17H21N5O3/c1-9(2)15-20-17-19-14(23)8-12(22(17)21-15)16(24)18-11-7-10(3)5-6-13(11)25-4/h5-7,12,21H,8H2,1-4H3,(H,18,24)(H,19,20,23)/t12-/m0/s1. The molecule has 0 radical (unpaired) electrons. The molecule has 1 fully saturated rings. The Hall–Kier alpha value is -3.03. The van der Waals surface area contributed by atoms with Crippen molar-refractivity contribution in [1.29, 1.82) is 0 Å². The molecule has 3 rings (SSSR count). The molecule has 1 aromatic rings. The normalized spacial score (nSPS) is 18.8. The van der Waals surface area contributed by atoms with Gasteiger partial charge < -0.3 is 10.1 Å². The van der Waals surface area contributed by atoms with Gasteiger partial charge in [-0.25, -0.2) is 5.01 Å². The van der Waals surface area contributed by atoms with E-state index in [1.807, 2.05) is 32.9 Å². The van der Waals surface area contributed by atoms with E-state index in [2.05, 4.69) is 21.1 Å². The van der Waals surface area contributed by atoms with Crippen molar-refractivity contribution >= 4 is 23.5 Å². The third-order valence-electron chi connectivity index (χ3n) is 4.00. The highest BCUT2D eigenvalue weighted by Crippen LogP contribution is 2.26. The summed E-state index contributed by atoms with van der Waals surface area (Å²) in [4.78, 5) is 29.1. The molecule has 0 unspecified atom stereocenters. The Morgan fingerprint density at radius 3 is 2.84 bits per heavy atom. The van der Waals surface area contributed by atoms with Gasteiger partial charge in [-0.1, -0.05) is 6.07 Å². The summed E-state index contributed by atoms with van der Waals surface area (Å²) >= 11 is 0. The van der Waals surface area contributed by atoms with Crippen molar-refractivity contribution < 1.29 is 14.3 Å². The zero-order chi connectivity index (χ0) is 18.1. The molecule has 0 spiro atoms. The summed E-state index contributed by atoms with van der Waals surface area (Å²) in [5, 5.41) is 7.12. The Bertz CT molecular complexity index is 795. The fourth-order valence-corrected chi connectivity index (χ4v) is 2.68. The number of aliphatic imine (C=N–C) groups is 1. The lowest BCUT2D eigenvalue weighted by Crippen LogP contribution is -2.61. The molecular weight excluding hydrogens is 322 g/mol. The number of hydrazine groups is 1. The molecule has 0 bridgehead atoms. The number of methoxy groups -OCH3 is 1. The Morgan fingerprint density at radius 1 is 1.40 bits per heavy atom. The maximum atomic E-state index is 12.8. The maximum absolute atomic E-state index is 12.8. The lowest BCUT2D eigenvalue weighted by Gasteiger charge is -2.32. The average molecular weight is 343 g/mol. The second kappa shape index (κ2) is 6.46. The van der Waals surface area contributed by atoms with Gasteiger partial charge >= 0.3 is 0 Å². The molecule has 1 atom stereocenters. The number of hydrogen-bond acceptors (Lipinski definition) is 6. The lowest BCUT2D eigenvalue weighted by molar-refractivity contribution is -0.129. The summed E-state index contributed by atoms with van der Waals surface area (Å²) in [7, 11) is 1.54. The number of fused-ring (bicyclic) bond motifs is 1. The van der Waals surface area contributed by atoms with Crippen LogP contribution >= 0.6 is 0 Å². The van der Waals surface area contributed by atoms with Gasteiger partial charge in [0.15, 0.2) is 0 Å². The van der Waals surface area contributed by atoms with Gasteiger partial charge in [0.2, 0.25) is 17.8 Å². The fraction of sp³-hybridized carbons (Fsp3) is 0.353. The molecule has 3 N–H and O–H groups in total. The molecule has 2 heterocycles. The van der Waals surface area contributed by atoms with E-state index in [0.717, 1.165) is 11.1 Å². The van der Waals surface area contributed by atoms with Crippen molar-refractivity contribution in [2.75, 3.05) is 12.4 Å². The van der Waals surface area contributed by atoms with Crippen molar-refractivity contribution in [3.63, 3.8) is 0 Å². The van der Waals surface area contributed by atoms with E-state index < -0.39 is 6.04 Å². The number of rotatable bonds is 3. The number of carbonyl (C=O) groups excluding carboxylic acids is 2. The van der Waals surface area contributed by atoms with Crippen molar-refractivity contribution in [1.82, 2.24) is 15.8 Å². The largest absolute Gasteiger partial charge is 0.495 e. The highest BCUT2D eigenvalue weighted by atomic mass is 16.5. The first-order chi connectivity index (χ1) is 11.9. The van der Waals surface area contributed by atoms with Crippen LogP contribution in [-0.2, 0) is 9.59 Å². The summed E-state index contributed by atoms with van der Waals surface area (Å²) in [6, 6.07) is 4.81. The zero-order valence-corrected chi connectivity index (χ0v) is 14.6. The van der Waals surface area contributed by atoms with Gasteiger partial charge in [-0.2, -0.15) is 4.99 Å². The first kappa shape index (κ1) is 16.8. The number of nitrogens with zero attached hydrogens (tertiary/aromatic N) is 2. The number of guanidine groups is 1. The second-order valence-corrected chi connectivity index (χ2v) is 6.23. The number of carbonyl (C=O) groups is 2. The van der Waals surface area contributed by atoms with Crippen molar-refractivity contribution in [2.24, 2.45) is 4.99 Å². The first-order valence-corrected chi connectivity index (χ1v) is 7.96. The first-order valence-electron chi connectivity index (χ1n) is 7.96. The van der Waals surface area contributed by atoms with Crippen LogP contribution in [-0.4, -0.2) is 35.9 Å². The van der Waals surface area contributed by atoms with E-state index in [1.54, 1.807) is 18.2 Å². The Balaban J connectivity index is 1.85. The van der Waals surface area contributed by atoms with Gasteiger partial charge in [0, 0.05) is 0 Å². The van der Waals surface area contributed by atoms with Gasteiger partial charge in [0.05, 0.1) is 19.2 Å². The molecule has 1 saturated heterocycles. The summed E-state index contributed by atoms with van der Waals surface area (Å²) in [6.45, 7) is 5.73. The topological polar surface area (TPSA) is 95.1 Å². The second-order valence-electron chi connectivity index (χ2n) is 6.23. The van der Waals surface area contributed by atoms with Crippen LogP contribution in [0, 0.1) is 6.92 Å². The van der Waals surface area contributed by atoms with Crippen LogP contribution in [0.1, 0.15) is 25.8 Å². The van der Waals surface area contributed by atoms with Gasteiger partial charge in [-0.05, 0) is 44.0 Å². The number of anilines is 1. The van der Waals surface area contributed by atoms with Crippen LogP contribution < -0.4 is 20.8 Å². The van der Waals surface area contributed by atoms with Crippen molar-refractivity contribution in [2.45, 2.75) is 33.2 Å². The lowest BCUT2D eigenvalue weighted by atomic mass is 10.1. The number of amides is 2. The van der Waals surface area contributed by atoms with E-state index in [1.165, 1.54) is 0 Å². The monoisotopic (exact) mass is 343 g/mol. The van der Waals surface area contributed by atoms with E-state index in [-0.39, 0.29) is 18.2 Å². The Kier molecular flexibility index (Phi) is 4.35. The molecular formula is C17H21N5O3. The van der Waals surface area contributed by atoms with Crippen LogP contribution in [0.15, 0.2) is 34.6 Å². The fourth-order valence-electron chi connectivity index (χ4n) is 2.68. The van der Waals surface area contributed by atoms with E-state index in [0.29, 0.717) is 23.2 Å². The molecule has 2 aliphatic rings. The molecule has 1 aromatic carbocycles. The molecule has 8 heteroatoms. The molecule has 0 saturated carbocycles. The third-order valence-corrected chi connectivity index (χ3v) is 4.00. The van der Waals surface area contributed by atoms with Crippen molar-refractivity contribution in [3.05, 3.63) is 35.2 Å². The van der Waals surface area contributed by atoms with Crippen LogP contribution in [0.5, 0.6) is 5.75 Å². The number of ether oxygens (including phenoxy) is 1. The number of aryl methyl sites for hydroxylation is 1. The molecule has 8 nitrogen and oxygen atoms in total. The van der Waals surface area contributed by atoms with Crippen LogP contribution in [0.4, 0.5) is 5.69 Å². The average Bonchev–Trinajstić information content (AvgIpc) is 2.98. The highest BCUT2D eigenvalue weighted by Gasteiger charge is 2.39. The van der Waals surface area contributed by atoms with Crippen LogP contribution in [0.2, 0.25) is 0 Å². The minimum atomic E-state index is -0.713. The predicted molar refractivity (Wildman–Crippen MR) is 93.7 cm³/mol. The predicted octanol–water partition coefficient (Wildman–Crippen LogP) is 1.26. The Labute approximate surface area is 145 Å². The number of benzene rings is 1. The van der Waals surface area contributed by atoms with Gasteiger partial charge in [-0.3, -0.25) is 20.3 Å². The molecule has 25 heavy (non-hydrogen) atoms. The quantitative estimate of drug-likeness (QED) is 0.768. The summed E-state index contributed by atoms with van der Waals surface area (Å²) < 4.78 is 5.29. The maximum Gasteiger partial charge on any atom is 0.249 e. The summed E-state index contributed by atoms with van der Waals surface area (Å²) in [5.74, 6) is 0.969. The summed E-state index contributed by atoms with van der Waals surface area (Å²) in [5.41, 5.74) is 5.59. The molecule has 132 valence electrons. The molecule has 0 aliphatic carbocycles. The van der Waals surface area contributed by atoms with E-state index in [4.69, 9.17) is 4.74 Å². The van der Waals surface area contributed by atoms with Crippen molar-refractivity contribution in [3.8, 4) is 5.75 Å². The third kappa shape index (κ3) is 3.28. The minimum absolute atomic E-state index is 0.0298. The Morgan fingerprint density at radius 2 is 2.16 bits per heavy atom. The summed E-state index contributed by atoms with van der Waals surface area (Å²) in [6.07, 6.45) is 0.0298. The number of allylic oxidation sites excluding steroid dienone is 1. The van der Waals surface area contributed by atoms with Crippen LogP contribution in [0.3, 0.4) is 0 Å². The molecule has 2 aliphatic heterocycles.